The molecular weight excluding hydrogens is 1510 g/mol. The number of primary amides is 1. The number of anilines is 6. The lowest BCUT2D eigenvalue weighted by Crippen LogP contribution is -2.43. The zero-order valence-electron chi connectivity index (χ0n) is 64.9. The number of H-pyrrole nitrogens is 1. The molecule has 35 nitrogen and oxygen atoms in total. The Balaban J connectivity index is 0.000000338. The molecular formula is C66H114Cl4N24O11P2. The van der Waals surface area contributed by atoms with Crippen molar-refractivity contribution < 1.29 is 52.6 Å². The zero-order chi connectivity index (χ0) is 80.5. The number of ether oxygens (including phenoxy) is 1. The van der Waals surface area contributed by atoms with E-state index in [1.165, 1.54) is 22.5 Å². The number of phosphoric acid groups is 1. The topological polar surface area (TPSA) is 419 Å². The molecule has 4 aliphatic rings. The zero-order valence-corrected chi connectivity index (χ0v) is 69.7. The van der Waals surface area contributed by atoms with Crippen LogP contribution in [-0.2, 0) is 26.6 Å². The van der Waals surface area contributed by atoms with Crippen molar-refractivity contribution in [3.8, 4) is 5.75 Å². The Labute approximate surface area is 650 Å². The highest BCUT2D eigenvalue weighted by Crippen LogP contribution is 2.61. The van der Waals surface area contributed by atoms with E-state index in [4.69, 9.17) is 80.6 Å². The van der Waals surface area contributed by atoms with Gasteiger partial charge in [0.25, 0.3) is 11.8 Å². The maximum absolute atomic E-state index is 12.4. The number of aryl methyl sites for hydroxylation is 1. The second-order valence-corrected chi connectivity index (χ2v) is 31.6. The van der Waals surface area contributed by atoms with Crippen molar-refractivity contribution >= 4 is 121 Å². The van der Waals surface area contributed by atoms with Crippen molar-refractivity contribution in [2.24, 2.45) is 33.3 Å². The smallest absolute Gasteiger partial charge is 0.410 e. The van der Waals surface area contributed by atoms with Gasteiger partial charge < -0.3 is 79.4 Å². The number of benzene rings is 2. The fraction of sp³-hybridized carbons (Fsp3) is 0.636. The van der Waals surface area contributed by atoms with Gasteiger partial charge in [-0.2, -0.15) is 29.9 Å². The molecule has 1 saturated heterocycles. The minimum absolute atomic E-state index is 0.0249. The number of amides is 3. The summed E-state index contributed by atoms with van der Waals surface area (Å²) in [5.41, 5.74) is 15.6. The van der Waals surface area contributed by atoms with E-state index in [0.29, 0.717) is 121 Å². The molecule has 5 aromatic rings. The van der Waals surface area contributed by atoms with Crippen molar-refractivity contribution in [2.45, 2.75) is 90.3 Å². The van der Waals surface area contributed by atoms with E-state index in [2.05, 4.69) is 84.5 Å². The Morgan fingerprint density at radius 2 is 1.28 bits per heavy atom. The average molecular weight is 1620 g/mol. The number of nitrogens with zero attached hydrogens (tertiary/aromatic N) is 18. The van der Waals surface area contributed by atoms with Crippen LogP contribution in [0.3, 0.4) is 0 Å². The largest absolute Gasteiger partial charge is 0.466 e. The molecule has 11 N–H and O–H groups in total. The highest BCUT2D eigenvalue weighted by molar-refractivity contribution is 7.54. The first-order valence-electron chi connectivity index (χ1n) is 34.6. The van der Waals surface area contributed by atoms with Crippen LogP contribution in [0.5, 0.6) is 5.75 Å². The van der Waals surface area contributed by atoms with Crippen molar-refractivity contribution in [2.75, 3.05) is 198 Å². The number of hydrogen-bond acceptors (Lipinski definition) is 25. The Morgan fingerprint density at radius 3 is 1.72 bits per heavy atom. The monoisotopic (exact) mass is 1620 g/mol. The lowest BCUT2D eigenvalue weighted by molar-refractivity contribution is -0.0226. The molecule has 3 aliphatic carbocycles. The highest BCUT2D eigenvalue weighted by Gasteiger charge is 2.54. The number of halogens is 4. The van der Waals surface area contributed by atoms with Crippen molar-refractivity contribution in [1.82, 2.24) is 75.7 Å². The quantitative estimate of drug-likeness (QED) is 0.0124. The van der Waals surface area contributed by atoms with Gasteiger partial charge in [0.1, 0.15) is 5.75 Å². The Kier molecular flexibility index (Phi) is 41.3. The van der Waals surface area contributed by atoms with Gasteiger partial charge >= 0.3 is 21.6 Å². The number of carbonyl (C=O) groups is 3. The van der Waals surface area contributed by atoms with E-state index in [0.717, 1.165) is 63.6 Å². The third-order valence-electron chi connectivity index (χ3n) is 16.6. The van der Waals surface area contributed by atoms with Gasteiger partial charge in [-0.3, -0.25) is 30.0 Å². The maximum atomic E-state index is 12.4. The summed E-state index contributed by atoms with van der Waals surface area (Å²) >= 11 is 22.7. The van der Waals surface area contributed by atoms with Gasteiger partial charge in [0.05, 0.1) is 19.0 Å². The summed E-state index contributed by atoms with van der Waals surface area (Å²) in [6, 6.07) is 13.9. The van der Waals surface area contributed by atoms with E-state index in [-0.39, 0.29) is 35.0 Å². The molecule has 3 aromatic heterocycles. The van der Waals surface area contributed by atoms with Gasteiger partial charge in [0.15, 0.2) is 11.5 Å². The number of imidazole rings is 1. The minimum atomic E-state index is -4.64. The van der Waals surface area contributed by atoms with E-state index in [9.17, 15) is 24.1 Å². The second kappa shape index (κ2) is 46.8. The summed E-state index contributed by atoms with van der Waals surface area (Å²) in [5.74, 6) is 7.63. The lowest BCUT2D eigenvalue weighted by atomic mass is 9.55. The Morgan fingerprint density at radius 1 is 0.766 bits per heavy atom. The summed E-state index contributed by atoms with van der Waals surface area (Å²) in [7, 11) is 20.7. The molecule has 3 fully saturated rings. The van der Waals surface area contributed by atoms with E-state index in [1.807, 2.05) is 171 Å². The van der Waals surface area contributed by atoms with Crippen LogP contribution in [0.25, 0.3) is 0 Å². The van der Waals surface area contributed by atoms with Crippen LogP contribution in [0.15, 0.2) is 59.1 Å². The van der Waals surface area contributed by atoms with Crippen LogP contribution in [0.1, 0.15) is 103 Å². The molecule has 602 valence electrons. The third-order valence-corrected chi connectivity index (χ3v) is 19.6. The van der Waals surface area contributed by atoms with Gasteiger partial charge in [-0.15, -0.1) is 51.5 Å². The Bertz CT molecular complexity index is 3410. The number of aliphatic hydroxyl groups is 1. The minimum Gasteiger partial charge on any atom is -0.410 e. The van der Waals surface area contributed by atoms with Gasteiger partial charge in [-0.1, -0.05) is 30.3 Å². The van der Waals surface area contributed by atoms with Crippen molar-refractivity contribution in [3.05, 3.63) is 76.7 Å². The molecule has 4 heterocycles. The molecule has 1 aliphatic heterocycles. The van der Waals surface area contributed by atoms with Crippen LogP contribution in [0.2, 0.25) is 0 Å². The first-order chi connectivity index (χ1) is 50.3. The summed E-state index contributed by atoms with van der Waals surface area (Å²) < 4.78 is 33.7. The highest BCUT2D eigenvalue weighted by atomic mass is 35.5. The number of carbonyl (C=O) groups excluding carboxylic acids is 3. The predicted octanol–water partition coefficient (Wildman–Crippen LogP) is 7.39. The number of nitrogens with two attached hydrogens (primary N) is 1. The number of aromatic amines is 1. The molecule has 0 radical (unpaired) electrons. The summed E-state index contributed by atoms with van der Waals surface area (Å²) in [6.07, 6.45) is 8.21. The van der Waals surface area contributed by atoms with Crippen molar-refractivity contribution in [1.29, 1.82) is 0 Å². The van der Waals surface area contributed by atoms with E-state index >= 15 is 0 Å². The molecule has 107 heavy (non-hydrogen) atoms. The van der Waals surface area contributed by atoms with Crippen molar-refractivity contribution in [3.63, 3.8) is 0 Å². The predicted molar refractivity (Wildman–Crippen MR) is 425 cm³/mol. The number of rotatable bonds is 24. The van der Waals surface area contributed by atoms with Gasteiger partial charge in [-0.25, -0.2) is 24.1 Å². The van der Waals surface area contributed by atoms with Crippen LogP contribution in [0.4, 0.5) is 46.3 Å². The standard InChI is InChI=1S/C23H31Cl2NO3.C12H19N3O.2C9H18N6.C7H15Cl2N2O2P.C6H10N6O.H3O4P/c1-23-9-8-18-17-5-3-16(29-22(28)26(12-10-24)13-11-25)14-15(17)2-4-19(18)20(23)6-7-21(23)27;1-9(2)15-12(16)11-6-4-10(5-7-11)8-14-13-3;2*1-13(2)7-10-8(14(3)4)12-9(11-7)15(5)6;8-2-4-10-14(12)11(6-3-9)5-1-7-13-14;1-12(2)11-10-6-4(5(7)13)8-3-9-6;1-5(2,3)4/h3,5,14,18-21,27H,2,4,6-13H2,1H3;4-7,9,13-14H,8H2,1-3H3,(H,15,16);2*1-6H3;1-7H2,(H,10,12);3H,1-2H3,(H2,7,13)(H,8,9);(H3,1,2,3,4)/b;;;;;11-10+;/t18-,19-,20+,21+,23+;;;;;;/m1....../s1. The first kappa shape index (κ1) is 94.5. The SMILES string of the molecule is CN(C)/N=N/c1[nH]cnc1C(N)=O.CN(C)c1nc(N(C)C)nc(N(C)C)n1.CN(C)c1nc(N(C)C)nc(N(C)C)n1.CNNCc1ccc(C(=O)NC(C)C)cc1.C[C@]12CC[C@@H]3c4ccc(OC(=O)N(CCCl)CCCl)cc4CC[C@H]3[C@@H]1CC[C@@H]2O.O=P(O)(O)O.O=P1(NCCCl)OCCCN1CCCl. The van der Waals surface area contributed by atoms with Crippen LogP contribution < -0.4 is 61.1 Å². The molecule has 0 spiro atoms. The Hall–Kier alpha value is -6.66. The molecule has 9 rings (SSSR count). The number of hydrogen-bond donors (Lipinski definition) is 10. The van der Waals surface area contributed by atoms with Gasteiger partial charge in [-0.05, 0) is 130 Å². The van der Waals surface area contributed by atoms with E-state index in [1.54, 1.807) is 23.7 Å². The normalized spacial score (nSPS) is 18.9. The molecule has 0 bridgehead atoms. The number of alkyl halides is 4. The molecule has 1 unspecified atom stereocenters. The summed E-state index contributed by atoms with van der Waals surface area (Å²) in [4.78, 5) is 101. The van der Waals surface area contributed by atoms with Gasteiger partial charge in [0.2, 0.25) is 35.7 Å². The van der Waals surface area contributed by atoms with Gasteiger partial charge in [0, 0.05) is 173 Å². The lowest BCUT2D eigenvalue weighted by Gasteiger charge is -2.50. The average Bonchev–Trinajstić information content (AvgIpc) is 1.66. The molecule has 2 saturated carbocycles. The van der Waals surface area contributed by atoms with E-state index < -0.39 is 27.5 Å². The maximum Gasteiger partial charge on any atom is 0.466 e. The number of aliphatic hydroxyl groups excluding tert-OH is 1. The molecule has 41 heteroatoms. The number of fused-ring (bicyclic) bond motifs is 5. The number of hydrazine groups is 1. The van der Waals surface area contributed by atoms with Crippen LogP contribution in [-0.4, -0.2) is 273 Å². The van der Waals surface area contributed by atoms with Crippen LogP contribution in [0, 0.1) is 17.3 Å². The summed E-state index contributed by atoms with van der Waals surface area (Å²) in [6.45, 7) is 10.1. The molecule has 2 aromatic carbocycles. The molecule has 6 atom stereocenters. The number of nitrogens with one attached hydrogen (secondary N) is 5. The third kappa shape index (κ3) is 32.1. The second-order valence-electron chi connectivity index (χ2n) is 26.9. The fourth-order valence-electron chi connectivity index (χ4n) is 11.5. The van der Waals surface area contributed by atoms with Crippen LogP contribution >= 0.6 is 61.9 Å². The number of aromatic nitrogens is 8. The fourth-order valence-corrected chi connectivity index (χ4v) is 14.4. The molecule has 3 amide bonds. The first-order valence-corrected chi connectivity index (χ1v) is 39.9. The summed E-state index contributed by atoms with van der Waals surface area (Å²) in [5, 5.41) is 25.1.